The molecule has 0 radical (unpaired) electrons. The summed E-state index contributed by atoms with van der Waals surface area (Å²) in [6.07, 6.45) is 1.69. The maximum absolute atomic E-state index is 11.8. The summed E-state index contributed by atoms with van der Waals surface area (Å²) in [6.45, 7) is 0. The lowest BCUT2D eigenvalue weighted by Gasteiger charge is -2.06. The third-order valence-electron chi connectivity index (χ3n) is 2.07. The van der Waals surface area contributed by atoms with Gasteiger partial charge in [-0.25, -0.2) is 0 Å². The van der Waals surface area contributed by atoms with E-state index in [0.717, 1.165) is 8.95 Å². The number of H-pyrrole nitrogens is 1. The summed E-state index contributed by atoms with van der Waals surface area (Å²) in [5, 5.41) is 3.21. The highest BCUT2D eigenvalue weighted by Gasteiger charge is 2.10. The molecule has 2 rings (SSSR count). The Hall–Kier alpha value is -0.780. The van der Waals surface area contributed by atoms with Crippen molar-refractivity contribution in [3.63, 3.8) is 0 Å². The van der Waals surface area contributed by atoms with Gasteiger partial charge in [0.1, 0.15) is 5.69 Å². The molecule has 1 heterocycles. The Kier molecular flexibility index (Phi) is 3.91. The fourth-order valence-corrected chi connectivity index (χ4v) is 2.34. The Morgan fingerprint density at radius 2 is 2.00 bits per heavy atom. The van der Waals surface area contributed by atoms with Crippen molar-refractivity contribution in [2.75, 3.05) is 5.32 Å². The van der Waals surface area contributed by atoms with Crippen LogP contribution in [0.15, 0.2) is 39.4 Å². The lowest BCUT2D eigenvalue weighted by Crippen LogP contribution is -2.12. The fourth-order valence-electron chi connectivity index (χ4n) is 1.28. The largest absolute Gasteiger partial charge is 0.356 e. The Labute approximate surface area is 120 Å². The average Bonchev–Trinajstić information content (AvgIpc) is 2.69. The number of carbonyl (C=O) groups is 1. The molecule has 0 saturated carbocycles. The molecular formula is C11H7Br2ClN2O. The minimum atomic E-state index is -0.236. The van der Waals surface area contributed by atoms with Crippen molar-refractivity contribution < 1.29 is 4.79 Å². The normalized spacial score (nSPS) is 10.3. The zero-order valence-corrected chi connectivity index (χ0v) is 12.4. The standard InChI is InChI=1S/C11H7Br2ClN2O/c12-6-1-2-9(8(14)3-6)16-11(17)10-4-7(13)5-15-10/h1-5,15H,(H,16,17). The van der Waals surface area contributed by atoms with E-state index in [0.29, 0.717) is 16.4 Å². The fraction of sp³-hybridized carbons (Fsp3) is 0. The predicted molar refractivity (Wildman–Crippen MR) is 75.6 cm³/mol. The minimum Gasteiger partial charge on any atom is -0.356 e. The molecule has 88 valence electrons. The van der Waals surface area contributed by atoms with Crippen LogP contribution in [0.4, 0.5) is 5.69 Å². The van der Waals surface area contributed by atoms with Crippen molar-refractivity contribution in [1.29, 1.82) is 0 Å². The maximum atomic E-state index is 11.8. The van der Waals surface area contributed by atoms with Crippen LogP contribution >= 0.6 is 43.5 Å². The van der Waals surface area contributed by atoms with Crippen molar-refractivity contribution >= 4 is 55.1 Å². The van der Waals surface area contributed by atoms with Gasteiger partial charge in [-0.1, -0.05) is 27.5 Å². The summed E-state index contributed by atoms with van der Waals surface area (Å²) in [4.78, 5) is 14.7. The van der Waals surface area contributed by atoms with Crippen LogP contribution in [0.1, 0.15) is 10.5 Å². The zero-order valence-electron chi connectivity index (χ0n) is 8.43. The van der Waals surface area contributed by atoms with Gasteiger partial charge in [0.15, 0.2) is 0 Å². The first kappa shape index (κ1) is 12.7. The molecule has 2 N–H and O–H groups in total. The van der Waals surface area contributed by atoms with Crippen LogP contribution in [0.25, 0.3) is 0 Å². The van der Waals surface area contributed by atoms with Crippen LogP contribution in [0.3, 0.4) is 0 Å². The number of carbonyl (C=O) groups excluding carboxylic acids is 1. The molecule has 1 aromatic carbocycles. The van der Waals surface area contributed by atoms with E-state index in [9.17, 15) is 4.79 Å². The van der Waals surface area contributed by atoms with E-state index < -0.39 is 0 Å². The molecule has 1 aromatic heterocycles. The average molecular weight is 378 g/mol. The van der Waals surface area contributed by atoms with E-state index >= 15 is 0 Å². The summed E-state index contributed by atoms with van der Waals surface area (Å²) >= 11 is 12.6. The van der Waals surface area contributed by atoms with Crippen LogP contribution < -0.4 is 5.32 Å². The van der Waals surface area contributed by atoms with Gasteiger partial charge in [0.2, 0.25) is 0 Å². The van der Waals surface area contributed by atoms with Gasteiger partial charge in [0.25, 0.3) is 5.91 Å². The van der Waals surface area contributed by atoms with E-state index in [-0.39, 0.29) is 5.91 Å². The minimum absolute atomic E-state index is 0.236. The molecular weight excluding hydrogens is 371 g/mol. The highest BCUT2D eigenvalue weighted by molar-refractivity contribution is 9.10. The van der Waals surface area contributed by atoms with Gasteiger partial charge in [0, 0.05) is 15.1 Å². The molecule has 3 nitrogen and oxygen atoms in total. The topological polar surface area (TPSA) is 44.9 Å². The number of rotatable bonds is 2. The Morgan fingerprint density at radius 1 is 1.24 bits per heavy atom. The monoisotopic (exact) mass is 376 g/mol. The van der Waals surface area contributed by atoms with E-state index in [1.54, 1.807) is 24.4 Å². The highest BCUT2D eigenvalue weighted by atomic mass is 79.9. The first-order valence-corrected chi connectivity index (χ1v) is 6.63. The first-order chi connectivity index (χ1) is 8.06. The second-order valence-corrected chi connectivity index (χ2v) is 5.55. The van der Waals surface area contributed by atoms with Crippen molar-refractivity contribution in [2.45, 2.75) is 0 Å². The van der Waals surface area contributed by atoms with Gasteiger partial charge in [0.05, 0.1) is 10.7 Å². The number of amides is 1. The van der Waals surface area contributed by atoms with E-state index in [1.165, 1.54) is 0 Å². The number of nitrogens with one attached hydrogen (secondary N) is 2. The van der Waals surface area contributed by atoms with Crippen LogP contribution in [0.5, 0.6) is 0 Å². The molecule has 0 aliphatic carbocycles. The van der Waals surface area contributed by atoms with Gasteiger partial charge < -0.3 is 10.3 Å². The van der Waals surface area contributed by atoms with E-state index in [2.05, 4.69) is 42.2 Å². The molecule has 2 aromatic rings. The molecule has 1 amide bonds. The number of hydrogen-bond donors (Lipinski definition) is 2. The number of anilines is 1. The van der Waals surface area contributed by atoms with Crippen LogP contribution in [-0.4, -0.2) is 10.9 Å². The number of halogens is 3. The predicted octanol–water partition coefficient (Wildman–Crippen LogP) is 4.45. The van der Waals surface area contributed by atoms with E-state index in [4.69, 9.17) is 11.6 Å². The molecule has 0 saturated heterocycles. The molecule has 0 spiro atoms. The van der Waals surface area contributed by atoms with E-state index in [1.807, 2.05) is 6.07 Å². The summed E-state index contributed by atoms with van der Waals surface area (Å²) in [5.41, 5.74) is 1.04. The summed E-state index contributed by atoms with van der Waals surface area (Å²) in [6, 6.07) is 6.97. The summed E-state index contributed by atoms with van der Waals surface area (Å²) in [7, 11) is 0. The van der Waals surface area contributed by atoms with Gasteiger partial charge in [-0.2, -0.15) is 0 Å². The van der Waals surface area contributed by atoms with Gasteiger partial charge in [-0.15, -0.1) is 0 Å². The van der Waals surface area contributed by atoms with Gasteiger partial charge in [-0.05, 0) is 40.2 Å². The number of benzene rings is 1. The molecule has 0 atom stereocenters. The maximum Gasteiger partial charge on any atom is 0.272 e. The molecule has 0 unspecified atom stereocenters. The van der Waals surface area contributed by atoms with Gasteiger partial charge in [-0.3, -0.25) is 4.79 Å². The number of aromatic amines is 1. The van der Waals surface area contributed by atoms with Crippen LogP contribution in [0.2, 0.25) is 5.02 Å². The third-order valence-corrected chi connectivity index (χ3v) is 3.34. The second-order valence-electron chi connectivity index (χ2n) is 3.31. The number of hydrogen-bond acceptors (Lipinski definition) is 1. The molecule has 0 aliphatic rings. The third kappa shape index (κ3) is 3.12. The molecule has 6 heteroatoms. The summed E-state index contributed by atoms with van der Waals surface area (Å²) < 4.78 is 1.69. The Morgan fingerprint density at radius 3 is 2.59 bits per heavy atom. The molecule has 0 aliphatic heterocycles. The van der Waals surface area contributed by atoms with Crippen LogP contribution in [0, 0.1) is 0 Å². The lowest BCUT2D eigenvalue weighted by atomic mass is 10.3. The van der Waals surface area contributed by atoms with Crippen LogP contribution in [-0.2, 0) is 0 Å². The second kappa shape index (κ2) is 5.25. The summed E-state index contributed by atoms with van der Waals surface area (Å²) in [5.74, 6) is -0.236. The van der Waals surface area contributed by atoms with Crippen molar-refractivity contribution in [3.8, 4) is 0 Å². The molecule has 17 heavy (non-hydrogen) atoms. The number of aromatic nitrogens is 1. The van der Waals surface area contributed by atoms with Gasteiger partial charge >= 0.3 is 0 Å². The van der Waals surface area contributed by atoms with Crippen molar-refractivity contribution in [2.24, 2.45) is 0 Å². The molecule has 0 fully saturated rings. The SMILES string of the molecule is O=C(Nc1ccc(Br)cc1Cl)c1cc(Br)c[nH]1. The Balaban J connectivity index is 2.18. The lowest BCUT2D eigenvalue weighted by molar-refractivity contribution is 0.102. The molecule has 0 bridgehead atoms. The zero-order chi connectivity index (χ0) is 12.4. The van der Waals surface area contributed by atoms with Crippen molar-refractivity contribution in [3.05, 3.63) is 50.1 Å². The smallest absolute Gasteiger partial charge is 0.272 e. The quantitative estimate of drug-likeness (QED) is 0.797. The first-order valence-electron chi connectivity index (χ1n) is 4.66. The highest BCUT2D eigenvalue weighted by Crippen LogP contribution is 2.26. The van der Waals surface area contributed by atoms with Crippen molar-refractivity contribution in [1.82, 2.24) is 4.98 Å². The Bertz CT molecular complexity index is 568.